The lowest BCUT2D eigenvalue weighted by Crippen LogP contribution is -2.35. The Morgan fingerprint density at radius 1 is 1.07 bits per heavy atom. The van der Waals surface area contributed by atoms with E-state index in [0.29, 0.717) is 23.9 Å². The number of aliphatic hydroxyl groups excluding tert-OH is 1. The smallest absolute Gasteiger partial charge is 0.409 e. The zero-order valence-electron chi connectivity index (χ0n) is 22.5. The fourth-order valence-electron chi connectivity index (χ4n) is 4.35. The zero-order chi connectivity index (χ0) is 29.4. The third-order valence-corrected chi connectivity index (χ3v) is 6.47. The minimum atomic E-state index is -0.837. The summed E-state index contributed by atoms with van der Waals surface area (Å²) in [6.45, 7) is 0.0353. The summed E-state index contributed by atoms with van der Waals surface area (Å²) in [6.07, 6.45) is 1.72. The lowest BCUT2D eigenvalue weighted by Gasteiger charge is -2.19. The van der Waals surface area contributed by atoms with E-state index in [1.54, 1.807) is 25.2 Å². The van der Waals surface area contributed by atoms with Crippen LogP contribution < -0.4 is 10.9 Å². The number of halogens is 1. The first-order valence-electron chi connectivity index (χ1n) is 13.1. The molecule has 0 radical (unpaired) electrons. The summed E-state index contributed by atoms with van der Waals surface area (Å²) >= 11 is 0. The summed E-state index contributed by atoms with van der Waals surface area (Å²) in [7, 11) is 1.58. The summed E-state index contributed by atoms with van der Waals surface area (Å²) < 4.78 is 20.0. The van der Waals surface area contributed by atoms with Crippen LogP contribution in [-0.4, -0.2) is 63.4 Å². The Balaban J connectivity index is 1.58. The van der Waals surface area contributed by atoms with Gasteiger partial charge < -0.3 is 29.7 Å². The first-order valence-corrected chi connectivity index (χ1v) is 13.1. The van der Waals surface area contributed by atoms with Gasteiger partial charge in [-0.25, -0.2) is 9.18 Å². The summed E-state index contributed by atoms with van der Waals surface area (Å²) in [5.74, 6) is -1.76. The molecule has 0 saturated heterocycles. The van der Waals surface area contributed by atoms with Crippen LogP contribution in [0.2, 0.25) is 0 Å². The number of rotatable bonds is 11. The molecule has 10 nitrogen and oxygen atoms in total. The predicted octanol–water partition coefficient (Wildman–Crippen LogP) is 3.21. The minimum absolute atomic E-state index is 0.0530. The van der Waals surface area contributed by atoms with Crippen molar-refractivity contribution in [3.63, 3.8) is 0 Å². The van der Waals surface area contributed by atoms with Crippen molar-refractivity contribution in [2.24, 2.45) is 0 Å². The molecule has 0 aliphatic heterocycles. The van der Waals surface area contributed by atoms with Gasteiger partial charge in [0.15, 0.2) is 5.75 Å². The molecule has 0 atom stereocenters. The van der Waals surface area contributed by atoms with Crippen LogP contribution in [0.1, 0.15) is 33.5 Å². The Kier molecular flexibility index (Phi) is 9.64. The van der Waals surface area contributed by atoms with Gasteiger partial charge in [0, 0.05) is 32.9 Å². The number of nitrogens with zero attached hydrogens (tertiary/aromatic N) is 3. The molecule has 2 amide bonds. The molecular formula is C30H31FN4O6. The largest absolute Gasteiger partial charge is 0.505 e. The van der Waals surface area contributed by atoms with Crippen molar-refractivity contribution < 1.29 is 28.9 Å². The second-order valence-corrected chi connectivity index (χ2v) is 9.49. The molecule has 0 aliphatic carbocycles. The van der Waals surface area contributed by atoms with Crippen LogP contribution >= 0.6 is 0 Å². The summed E-state index contributed by atoms with van der Waals surface area (Å²) in [4.78, 5) is 44.4. The van der Waals surface area contributed by atoms with Gasteiger partial charge in [-0.3, -0.25) is 14.6 Å². The average molecular weight is 563 g/mol. The maximum atomic E-state index is 13.5. The highest BCUT2D eigenvalue weighted by Crippen LogP contribution is 2.26. The second kappa shape index (κ2) is 13.5. The van der Waals surface area contributed by atoms with E-state index in [2.05, 4.69) is 10.3 Å². The number of aromatic nitrogens is 2. The van der Waals surface area contributed by atoms with Crippen LogP contribution in [0.25, 0.3) is 11.0 Å². The quantitative estimate of drug-likeness (QED) is 0.256. The van der Waals surface area contributed by atoms with Gasteiger partial charge in [-0.2, -0.15) is 0 Å². The van der Waals surface area contributed by atoms with Gasteiger partial charge in [0.1, 0.15) is 23.5 Å². The van der Waals surface area contributed by atoms with E-state index >= 15 is 0 Å². The SMILES string of the molecule is CN(CCCn1c(=O)c(C(=O)NCCO)c(O)c2ncc(Cc3ccc(F)cc3)cc21)C(=O)OCc1ccccc1. The maximum Gasteiger partial charge on any atom is 0.409 e. The number of benzene rings is 2. The Morgan fingerprint density at radius 2 is 1.80 bits per heavy atom. The fraction of sp³-hybridized carbons (Fsp3) is 0.267. The predicted molar refractivity (Wildman–Crippen MR) is 150 cm³/mol. The van der Waals surface area contributed by atoms with Gasteiger partial charge in [0.2, 0.25) is 0 Å². The van der Waals surface area contributed by atoms with E-state index in [1.807, 2.05) is 30.3 Å². The van der Waals surface area contributed by atoms with E-state index < -0.39 is 28.9 Å². The van der Waals surface area contributed by atoms with E-state index in [-0.39, 0.29) is 44.2 Å². The topological polar surface area (TPSA) is 134 Å². The summed E-state index contributed by atoms with van der Waals surface area (Å²) in [6, 6.07) is 17.0. The molecule has 0 aliphatic rings. The van der Waals surface area contributed by atoms with Crippen LogP contribution in [0.4, 0.5) is 9.18 Å². The van der Waals surface area contributed by atoms with Crippen LogP contribution in [0, 0.1) is 5.82 Å². The number of hydrogen-bond donors (Lipinski definition) is 3. The van der Waals surface area contributed by atoms with Crippen LogP contribution in [-0.2, 0) is 24.3 Å². The number of hydrogen-bond acceptors (Lipinski definition) is 7. The Hall–Kier alpha value is -4.77. The number of fused-ring (bicyclic) bond motifs is 1. The Labute approximate surface area is 235 Å². The summed E-state index contributed by atoms with van der Waals surface area (Å²) in [5.41, 5.74) is 1.52. The van der Waals surface area contributed by atoms with Gasteiger partial charge in [-0.1, -0.05) is 42.5 Å². The molecule has 4 aromatic rings. The average Bonchev–Trinajstić information content (AvgIpc) is 2.98. The number of ether oxygens (including phenoxy) is 1. The number of amides is 2. The first-order chi connectivity index (χ1) is 19.8. The Morgan fingerprint density at radius 3 is 2.51 bits per heavy atom. The molecule has 3 N–H and O–H groups in total. The molecule has 4 rings (SSSR count). The number of nitrogens with one attached hydrogen (secondary N) is 1. The lowest BCUT2D eigenvalue weighted by molar-refractivity contribution is 0.0940. The molecule has 41 heavy (non-hydrogen) atoms. The summed E-state index contributed by atoms with van der Waals surface area (Å²) in [5, 5.41) is 22.3. The molecule has 0 spiro atoms. The molecule has 0 bridgehead atoms. The van der Waals surface area contributed by atoms with Crippen LogP contribution in [0.15, 0.2) is 71.7 Å². The van der Waals surface area contributed by atoms with E-state index in [9.17, 15) is 23.9 Å². The van der Waals surface area contributed by atoms with Gasteiger partial charge >= 0.3 is 6.09 Å². The molecule has 0 unspecified atom stereocenters. The number of carbonyl (C=O) groups excluding carboxylic acids is 2. The van der Waals surface area contributed by atoms with Crippen molar-refractivity contribution >= 4 is 23.0 Å². The van der Waals surface area contributed by atoms with E-state index in [0.717, 1.165) is 11.1 Å². The zero-order valence-corrected chi connectivity index (χ0v) is 22.5. The molecule has 0 fully saturated rings. The van der Waals surface area contributed by atoms with Crippen molar-refractivity contribution in [1.29, 1.82) is 0 Å². The molecule has 2 aromatic heterocycles. The fourth-order valence-corrected chi connectivity index (χ4v) is 4.35. The third kappa shape index (κ3) is 7.25. The molecule has 2 aromatic carbocycles. The number of aromatic hydroxyl groups is 1. The highest BCUT2D eigenvalue weighted by Gasteiger charge is 2.23. The van der Waals surface area contributed by atoms with Crippen LogP contribution in [0.5, 0.6) is 5.75 Å². The first kappa shape index (κ1) is 29.2. The highest BCUT2D eigenvalue weighted by molar-refractivity contribution is 6.01. The van der Waals surface area contributed by atoms with Gasteiger partial charge in [-0.15, -0.1) is 0 Å². The van der Waals surface area contributed by atoms with Crippen LogP contribution in [0.3, 0.4) is 0 Å². The van der Waals surface area contributed by atoms with Gasteiger partial charge in [0.05, 0.1) is 12.1 Å². The second-order valence-electron chi connectivity index (χ2n) is 9.49. The van der Waals surface area contributed by atoms with Crippen molar-refractivity contribution in [1.82, 2.24) is 19.8 Å². The third-order valence-electron chi connectivity index (χ3n) is 6.47. The number of aryl methyl sites for hydroxylation is 1. The monoisotopic (exact) mass is 562 g/mol. The number of pyridine rings is 2. The van der Waals surface area contributed by atoms with Crippen molar-refractivity contribution in [2.75, 3.05) is 26.7 Å². The van der Waals surface area contributed by atoms with Crippen molar-refractivity contribution in [3.8, 4) is 5.75 Å². The van der Waals surface area contributed by atoms with E-state index in [4.69, 9.17) is 9.84 Å². The molecule has 214 valence electrons. The highest BCUT2D eigenvalue weighted by atomic mass is 19.1. The standard InChI is InChI=1S/C30H31FN4O6/c1-34(30(40)41-19-21-6-3-2-4-7-21)13-5-14-35-24-17-22(16-20-8-10-23(31)11-9-20)18-33-26(24)27(37)25(29(35)39)28(38)32-12-15-36/h2-4,6-11,17-18,36-37H,5,12-16,19H2,1H3,(H,32,38). The number of carbonyl (C=O) groups is 2. The normalized spacial score (nSPS) is 10.9. The maximum absolute atomic E-state index is 13.5. The Bertz CT molecular complexity index is 1570. The van der Waals surface area contributed by atoms with E-state index in [1.165, 1.54) is 27.8 Å². The van der Waals surface area contributed by atoms with Gasteiger partial charge in [0.25, 0.3) is 11.5 Å². The lowest BCUT2D eigenvalue weighted by atomic mass is 10.1. The molecule has 2 heterocycles. The molecule has 11 heteroatoms. The minimum Gasteiger partial charge on any atom is -0.505 e. The van der Waals surface area contributed by atoms with Gasteiger partial charge in [-0.05, 0) is 47.7 Å². The molecule has 0 saturated carbocycles. The number of aliphatic hydroxyl groups is 1. The van der Waals surface area contributed by atoms with Crippen molar-refractivity contribution in [3.05, 3.63) is 105 Å². The van der Waals surface area contributed by atoms with Crippen molar-refractivity contribution in [2.45, 2.75) is 26.0 Å². The molecular weight excluding hydrogens is 531 g/mol.